The highest BCUT2D eigenvalue weighted by atomic mass is 15.3. The van der Waals surface area contributed by atoms with Crippen LogP contribution in [0.3, 0.4) is 0 Å². The van der Waals surface area contributed by atoms with Gasteiger partial charge in [-0.05, 0) is 44.2 Å². The molecule has 7 heteroatoms. The first kappa shape index (κ1) is 20.4. The number of nitrogens with one attached hydrogen (secondary N) is 3. The van der Waals surface area contributed by atoms with Gasteiger partial charge in [0, 0.05) is 56.1 Å². The largest absolute Gasteiger partial charge is 0.361 e. The predicted octanol–water partition coefficient (Wildman–Crippen LogP) is 3.22. The van der Waals surface area contributed by atoms with Crippen LogP contribution >= 0.6 is 0 Å². The third-order valence-electron chi connectivity index (χ3n) is 5.72. The predicted molar refractivity (Wildman–Crippen MR) is 122 cm³/mol. The number of aromatic nitrogens is 4. The van der Waals surface area contributed by atoms with Crippen molar-refractivity contribution in [1.82, 2.24) is 30.4 Å². The van der Waals surface area contributed by atoms with Crippen LogP contribution in [0.25, 0.3) is 10.9 Å². The van der Waals surface area contributed by atoms with E-state index in [0.717, 1.165) is 63.6 Å². The van der Waals surface area contributed by atoms with Crippen molar-refractivity contribution in [2.75, 3.05) is 19.6 Å². The second-order valence-electron chi connectivity index (χ2n) is 7.90. The zero-order valence-corrected chi connectivity index (χ0v) is 18.0. The van der Waals surface area contributed by atoms with Gasteiger partial charge in [-0.3, -0.25) is 4.99 Å². The number of nitrogens with zero attached hydrogens (tertiary/aromatic N) is 4. The van der Waals surface area contributed by atoms with Gasteiger partial charge in [0.1, 0.15) is 11.6 Å². The zero-order valence-electron chi connectivity index (χ0n) is 18.0. The molecule has 3 aromatic rings. The summed E-state index contributed by atoms with van der Waals surface area (Å²) < 4.78 is 2.33. The van der Waals surface area contributed by atoms with Crippen molar-refractivity contribution in [2.24, 2.45) is 4.99 Å². The summed E-state index contributed by atoms with van der Waals surface area (Å²) >= 11 is 0. The van der Waals surface area contributed by atoms with Crippen molar-refractivity contribution < 1.29 is 0 Å². The average Bonchev–Trinajstić information content (AvgIpc) is 3.27. The SMILES string of the molecule is CCNC(=NCCCc1nnc2n1CCCCC2)NCCc1c[nH]c2ccccc12. The van der Waals surface area contributed by atoms with Crippen molar-refractivity contribution in [3.8, 4) is 0 Å². The molecule has 0 atom stereocenters. The van der Waals surface area contributed by atoms with Crippen LogP contribution in [-0.2, 0) is 25.8 Å². The maximum absolute atomic E-state index is 4.75. The topological polar surface area (TPSA) is 82.9 Å². The molecule has 7 nitrogen and oxygen atoms in total. The monoisotopic (exact) mass is 407 g/mol. The summed E-state index contributed by atoms with van der Waals surface area (Å²) in [6.07, 6.45) is 9.82. The standard InChI is InChI=1S/C23H33N7/c1-2-24-23(26-15-13-18-17-27-20-10-6-5-9-19(18)20)25-14-8-12-22-29-28-21-11-4-3-7-16-30(21)22/h5-6,9-10,17,27H,2-4,7-8,11-16H2,1H3,(H2,24,25,26). The highest BCUT2D eigenvalue weighted by Crippen LogP contribution is 2.18. The molecule has 1 aliphatic rings. The Morgan fingerprint density at radius 2 is 2.07 bits per heavy atom. The molecule has 0 radical (unpaired) electrons. The van der Waals surface area contributed by atoms with E-state index in [1.54, 1.807) is 0 Å². The highest BCUT2D eigenvalue weighted by molar-refractivity contribution is 5.83. The summed E-state index contributed by atoms with van der Waals surface area (Å²) in [5, 5.41) is 16.9. The first-order chi connectivity index (χ1) is 14.8. The van der Waals surface area contributed by atoms with E-state index in [-0.39, 0.29) is 0 Å². The molecule has 0 amide bonds. The Morgan fingerprint density at radius 1 is 1.13 bits per heavy atom. The van der Waals surface area contributed by atoms with Crippen molar-refractivity contribution in [3.63, 3.8) is 0 Å². The van der Waals surface area contributed by atoms with Crippen LogP contribution < -0.4 is 10.6 Å². The number of aryl methyl sites for hydroxylation is 2. The number of H-pyrrole nitrogens is 1. The molecule has 3 N–H and O–H groups in total. The van der Waals surface area contributed by atoms with E-state index in [9.17, 15) is 0 Å². The number of benzene rings is 1. The van der Waals surface area contributed by atoms with E-state index in [2.05, 4.69) is 67.8 Å². The lowest BCUT2D eigenvalue weighted by Crippen LogP contribution is -2.38. The summed E-state index contributed by atoms with van der Waals surface area (Å²) in [5.41, 5.74) is 2.53. The van der Waals surface area contributed by atoms with Gasteiger partial charge in [0.25, 0.3) is 0 Å². The van der Waals surface area contributed by atoms with Crippen molar-refractivity contribution in [1.29, 1.82) is 0 Å². The molecule has 1 aliphatic heterocycles. The Hall–Kier alpha value is -2.83. The smallest absolute Gasteiger partial charge is 0.191 e. The third-order valence-corrected chi connectivity index (χ3v) is 5.72. The number of fused-ring (bicyclic) bond motifs is 2. The first-order valence-electron chi connectivity index (χ1n) is 11.3. The minimum Gasteiger partial charge on any atom is -0.361 e. The molecule has 30 heavy (non-hydrogen) atoms. The minimum atomic E-state index is 0.782. The van der Waals surface area contributed by atoms with E-state index in [1.165, 1.54) is 41.6 Å². The quantitative estimate of drug-likeness (QED) is 0.304. The average molecular weight is 408 g/mol. The van der Waals surface area contributed by atoms with Gasteiger partial charge in [0.05, 0.1) is 0 Å². The highest BCUT2D eigenvalue weighted by Gasteiger charge is 2.14. The van der Waals surface area contributed by atoms with Gasteiger partial charge in [0.15, 0.2) is 5.96 Å². The molecule has 160 valence electrons. The summed E-state index contributed by atoms with van der Waals surface area (Å²) in [4.78, 5) is 8.10. The number of para-hydroxylation sites is 1. The van der Waals surface area contributed by atoms with Crippen LogP contribution in [0.1, 0.15) is 49.8 Å². The molecule has 2 aromatic heterocycles. The van der Waals surface area contributed by atoms with Crippen LogP contribution in [0.5, 0.6) is 0 Å². The van der Waals surface area contributed by atoms with Gasteiger partial charge in [0.2, 0.25) is 0 Å². The summed E-state index contributed by atoms with van der Waals surface area (Å²) in [7, 11) is 0. The molecule has 0 aliphatic carbocycles. The Kier molecular flexibility index (Phi) is 7.00. The Balaban J connectivity index is 1.26. The van der Waals surface area contributed by atoms with Crippen molar-refractivity contribution >= 4 is 16.9 Å². The van der Waals surface area contributed by atoms with Crippen LogP contribution in [0.2, 0.25) is 0 Å². The maximum Gasteiger partial charge on any atom is 0.191 e. The van der Waals surface area contributed by atoms with Crippen molar-refractivity contribution in [3.05, 3.63) is 47.7 Å². The van der Waals surface area contributed by atoms with E-state index in [4.69, 9.17) is 4.99 Å². The maximum atomic E-state index is 4.75. The number of guanidine groups is 1. The van der Waals surface area contributed by atoms with Gasteiger partial charge in [-0.1, -0.05) is 24.6 Å². The fourth-order valence-corrected chi connectivity index (χ4v) is 4.15. The van der Waals surface area contributed by atoms with Crippen LogP contribution in [-0.4, -0.2) is 45.3 Å². The van der Waals surface area contributed by atoms with Gasteiger partial charge in [-0.25, -0.2) is 0 Å². The van der Waals surface area contributed by atoms with E-state index in [1.807, 2.05) is 0 Å². The molecular formula is C23H33N7. The Labute approximate surface area is 178 Å². The Bertz CT molecular complexity index is 969. The first-order valence-corrected chi connectivity index (χ1v) is 11.3. The molecular weight excluding hydrogens is 374 g/mol. The number of rotatable bonds is 8. The number of aliphatic imine (C=N–C) groups is 1. The molecule has 0 fully saturated rings. The van der Waals surface area contributed by atoms with Crippen molar-refractivity contribution in [2.45, 2.75) is 58.4 Å². The number of hydrogen-bond donors (Lipinski definition) is 3. The normalized spacial score (nSPS) is 14.5. The number of aromatic amines is 1. The lowest BCUT2D eigenvalue weighted by atomic mass is 10.1. The van der Waals surface area contributed by atoms with E-state index in [0.29, 0.717) is 0 Å². The molecule has 0 saturated heterocycles. The Morgan fingerprint density at radius 3 is 3.00 bits per heavy atom. The van der Waals surface area contributed by atoms with E-state index < -0.39 is 0 Å². The fourth-order valence-electron chi connectivity index (χ4n) is 4.15. The summed E-state index contributed by atoms with van der Waals surface area (Å²) in [5.74, 6) is 3.18. The lowest BCUT2D eigenvalue weighted by molar-refractivity contribution is 0.597. The summed E-state index contributed by atoms with van der Waals surface area (Å²) in [6, 6.07) is 8.44. The van der Waals surface area contributed by atoms with Crippen LogP contribution in [0.15, 0.2) is 35.5 Å². The van der Waals surface area contributed by atoms with Gasteiger partial charge >= 0.3 is 0 Å². The fraction of sp³-hybridized carbons (Fsp3) is 0.522. The molecule has 0 spiro atoms. The van der Waals surface area contributed by atoms with E-state index >= 15 is 0 Å². The van der Waals surface area contributed by atoms with Gasteiger partial charge in [-0.2, -0.15) is 0 Å². The molecule has 3 heterocycles. The van der Waals surface area contributed by atoms with Crippen LogP contribution in [0.4, 0.5) is 0 Å². The second-order valence-corrected chi connectivity index (χ2v) is 7.90. The van der Waals surface area contributed by atoms with Crippen LogP contribution in [0, 0.1) is 0 Å². The third kappa shape index (κ3) is 5.01. The molecule has 4 rings (SSSR count). The second kappa shape index (κ2) is 10.3. The number of hydrogen-bond acceptors (Lipinski definition) is 3. The zero-order chi connectivity index (χ0) is 20.6. The minimum absolute atomic E-state index is 0.782. The lowest BCUT2D eigenvalue weighted by Gasteiger charge is -2.11. The molecule has 0 unspecified atom stereocenters. The molecule has 0 bridgehead atoms. The molecule has 0 saturated carbocycles. The van der Waals surface area contributed by atoms with Gasteiger partial charge < -0.3 is 20.2 Å². The summed E-state index contributed by atoms with van der Waals surface area (Å²) in [6.45, 7) is 5.66. The molecule has 1 aromatic carbocycles. The van der Waals surface area contributed by atoms with Gasteiger partial charge in [-0.15, -0.1) is 10.2 Å².